The number of para-hydroxylation sites is 1. The highest BCUT2D eigenvalue weighted by Crippen LogP contribution is 2.28. The molecule has 4 rings (SSSR count). The van der Waals surface area contributed by atoms with Crippen molar-refractivity contribution in [3.8, 4) is 0 Å². The number of nitrogens with zero attached hydrogens (tertiary/aromatic N) is 2. The van der Waals surface area contributed by atoms with Crippen LogP contribution in [-0.2, 0) is 6.42 Å². The van der Waals surface area contributed by atoms with Crippen LogP contribution in [0.5, 0.6) is 0 Å². The monoisotopic (exact) mass is 385 g/mol. The molecule has 29 heavy (non-hydrogen) atoms. The van der Waals surface area contributed by atoms with E-state index in [0.29, 0.717) is 12.1 Å². The molecule has 146 valence electrons. The fraction of sp³-hybridized carbons (Fsp3) is 0.208. The van der Waals surface area contributed by atoms with E-state index >= 15 is 0 Å². The van der Waals surface area contributed by atoms with Crippen molar-refractivity contribution in [3.63, 3.8) is 0 Å². The number of rotatable bonds is 3. The zero-order chi connectivity index (χ0) is 20.4. The number of aromatic nitrogens is 1. The molecule has 5 heteroatoms. The Morgan fingerprint density at radius 3 is 2.66 bits per heavy atom. The zero-order valence-corrected chi connectivity index (χ0v) is 16.6. The topological polar surface area (TPSA) is 62.3 Å². The number of carbonyl (C=O) groups excluding carboxylic acids is 2. The molecule has 0 saturated heterocycles. The fourth-order valence-corrected chi connectivity index (χ4v) is 3.59. The minimum atomic E-state index is -0.260. The molecular formula is C24H23N3O2. The van der Waals surface area contributed by atoms with Gasteiger partial charge in [0.05, 0.1) is 0 Å². The Labute approximate surface area is 170 Å². The highest BCUT2D eigenvalue weighted by Gasteiger charge is 2.24. The van der Waals surface area contributed by atoms with Crippen molar-refractivity contribution in [1.29, 1.82) is 0 Å². The van der Waals surface area contributed by atoms with Gasteiger partial charge in [-0.05, 0) is 73.7 Å². The van der Waals surface area contributed by atoms with Gasteiger partial charge in [-0.15, -0.1) is 0 Å². The van der Waals surface area contributed by atoms with E-state index in [1.807, 2.05) is 50.2 Å². The van der Waals surface area contributed by atoms with Crippen molar-refractivity contribution in [2.24, 2.45) is 0 Å². The molecule has 0 spiro atoms. The van der Waals surface area contributed by atoms with E-state index in [0.717, 1.165) is 35.3 Å². The molecule has 0 atom stereocenters. The molecular weight excluding hydrogens is 362 g/mol. The lowest BCUT2D eigenvalue weighted by Gasteiger charge is -2.29. The molecule has 0 fully saturated rings. The standard InChI is InChI=1S/C24H23N3O2/c1-16-9-10-20(14-17(16)2)26-23(28)19-11-12-25-21(15-19)24(29)27-13-5-7-18-6-3-4-8-22(18)27/h3-4,6,8-12,14-15H,5,7,13H2,1-2H3,(H,26,28). The van der Waals surface area contributed by atoms with Crippen LogP contribution < -0.4 is 10.2 Å². The largest absolute Gasteiger partial charge is 0.322 e. The lowest BCUT2D eigenvalue weighted by atomic mass is 10.0. The van der Waals surface area contributed by atoms with Crippen LogP contribution >= 0.6 is 0 Å². The summed E-state index contributed by atoms with van der Waals surface area (Å²) in [5, 5.41) is 2.90. The second-order valence-electron chi connectivity index (χ2n) is 7.37. The molecule has 0 bridgehead atoms. The molecule has 1 aliphatic heterocycles. The molecule has 0 aliphatic carbocycles. The maximum absolute atomic E-state index is 13.1. The smallest absolute Gasteiger partial charge is 0.276 e. The number of amides is 2. The third kappa shape index (κ3) is 3.90. The Hall–Kier alpha value is -3.47. The lowest BCUT2D eigenvalue weighted by Crippen LogP contribution is -2.36. The first-order valence-electron chi connectivity index (χ1n) is 9.77. The van der Waals surface area contributed by atoms with E-state index in [1.54, 1.807) is 17.0 Å². The summed E-state index contributed by atoms with van der Waals surface area (Å²) in [6, 6.07) is 16.9. The van der Waals surface area contributed by atoms with Crippen molar-refractivity contribution in [2.75, 3.05) is 16.8 Å². The van der Waals surface area contributed by atoms with Crippen molar-refractivity contribution in [2.45, 2.75) is 26.7 Å². The number of pyridine rings is 1. The van der Waals surface area contributed by atoms with Crippen LogP contribution in [0.4, 0.5) is 11.4 Å². The summed E-state index contributed by atoms with van der Waals surface area (Å²) in [5.74, 6) is -0.443. The molecule has 2 heterocycles. The van der Waals surface area contributed by atoms with Crippen molar-refractivity contribution in [1.82, 2.24) is 4.98 Å². The normalized spacial score (nSPS) is 13.0. The molecule has 1 aromatic heterocycles. The van der Waals surface area contributed by atoms with Gasteiger partial charge in [-0.3, -0.25) is 14.6 Å². The van der Waals surface area contributed by atoms with Gasteiger partial charge >= 0.3 is 0 Å². The average Bonchev–Trinajstić information content (AvgIpc) is 2.75. The summed E-state index contributed by atoms with van der Waals surface area (Å²) in [6.07, 6.45) is 3.39. The molecule has 2 aromatic carbocycles. The van der Waals surface area contributed by atoms with Crippen LogP contribution in [-0.4, -0.2) is 23.3 Å². The van der Waals surface area contributed by atoms with Gasteiger partial charge in [0.1, 0.15) is 5.69 Å². The maximum atomic E-state index is 13.1. The SMILES string of the molecule is Cc1ccc(NC(=O)c2ccnc(C(=O)N3CCCc4ccccc43)c2)cc1C. The summed E-state index contributed by atoms with van der Waals surface area (Å²) in [5.41, 5.74) is 5.78. The van der Waals surface area contributed by atoms with Crippen molar-refractivity contribution >= 4 is 23.2 Å². The number of nitrogens with one attached hydrogen (secondary N) is 1. The zero-order valence-electron chi connectivity index (χ0n) is 16.6. The molecule has 3 aromatic rings. The second-order valence-corrected chi connectivity index (χ2v) is 7.37. The Bertz CT molecular complexity index is 1090. The highest BCUT2D eigenvalue weighted by molar-refractivity contribution is 6.09. The molecule has 1 aliphatic rings. The minimum Gasteiger partial charge on any atom is -0.322 e. The number of fused-ring (bicyclic) bond motifs is 1. The van der Waals surface area contributed by atoms with E-state index in [1.165, 1.54) is 11.8 Å². The van der Waals surface area contributed by atoms with Crippen LogP contribution in [0.25, 0.3) is 0 Å². The molecule has 1 N–H and O–H groups in total. The lowest BCUT2D eigenvalue weighted by molar-refractivity contribution is 0.0980. The average molecular weight is 385 g/mol. The van der Waals surface area contributed by atoms with Crippen LogP contribution in [0.2, 0.25) is 0 Å². The van der Waals surface area contributed by atoms with E-state index in [2.05, 4.69) is 16.4 Å². The van der Waals surface area contributed by atoms with Gasteiger partial charge in [-0.2, -0.15) is 0 Å². The summed E-state index contributed by atoms with van der Waals surface area (Å²) in [4.78, 5) is 31.8. The van der Waals surface area contributed by atoms with Gasteiger partial charge in [-0.1, -0.05) is 24.3 Å². The van der Waals surface area contributed by atoms with Crippen LogP contribution in [0.1, 0.15) is 44.0 Å². The van der Waals surface area contributed by atoms with E-state index in [-0.39, 0.29) is 17.5 Å². The van der Waals surface area contributed by atoms with E-state index < -0.39 is 0 Å². The molecule has 2 amide bonds. The van der Waals surface area contributed by atoms with Gasteiger partial charge in [0, 0.05) is 29.7 Å². The Balaban J connectivity index is 1.56. The number of hydrogen-bond acceptors (Lipinski definition) is 3. The summed E-state index contributed by atoms with van der Waals surface area (Å²) < 4.78 is 0. The minimum absolute atomic E-state index is 0.182. The van der Waals surface area contributed by atoms with Gasteiger partial charge in [0.25, 0.3) is 11.8 Å². The number of benzene rings is 2. The highest BCUT2D eigenvalue weighted by atomic mass is 16.2. The van der Waals surface area contributed by atoms with Gasteiger partial charge in [0.15, 0.2) is 0 Å². The van der Waals surface area contributed by atoms with Crippen molar-refractivity contribution < 1.29 is 9.59 Å². The molecule has 0 unspecified atom stereocenters. The molecule has 0 saturated carbocycles. The third-order valence-electron chi connectivity index (χ3n) is 5.36. The Morgan fingerprint density at radius 1 is 1.00 bits per heavy atom. The van der Waals surface area contributed by atoms with Gasteiger partial charge in [-0.25, -0.2) is 0 Å². The van der Waals surface area contributed by atoms with Gasteiger partial charge < -0.3 is 10.2 Å². The summed E-state index contributed by atoms with van der Waals surface area (Å²) >= 11 is 0. The fourth-order valence-electron chi connectivity index (χ4n) is 3.59. The van der Waals surface area contributed by atoms with E-state index in [4.69, 9.17) is 0 Å². The van der Waals surface area contributed by atoms with Crippen LogP contribution in [0.15, 0.2) is 60.8 Å². The first kappa shape index (κ1) is 18.9. The predicted octanol–water partition coefficient (Wildman–Crippen LogP) is 4.54. The summed E-state index contributed by atoms with van der Waals surface area (Å²) in [7, 11) is 0. The number of hydrogen-bond donors (Lipinski definition) is 1. The molecule has 5 nitrogen and oxygen atoms in total. The predicted molar refractivity (Wildman–Crippen MR) is 115 cm³/mol. The number of anilines is 2. The molecule has 0 radical (unpaired) electrons. The summed E-state index contributed by atoms with van der Waals surface area (Å²) in [6.45, 7) is 4.68. The van der Waals surface area contributed by atoms with E-state index in [9.17, 15) is 9.59 Å². The quantitative estimate of drug-likeness (QED) is 0.720. The first-order valence-corrected chi connectivity index (χ1v) is 9.77. The Kier molecular flexibility index (Phi) is 5.12. The Morgan fingerprint density at radius 2 is 1.83 bits per heavy atom. The third-order valence-corrected chi connectivity index (χ3v) is 5.36. The van der Waals surface area contributed by atoms with Gasteiger partial charge in [0.2, 0.25) is 0 Å². The van der Waals surface area contributed by atoms with Crippen LogP contribution in [0.3, 0.4) is 0 Å². The maximum Gasteiger partial charge on any atom is 0.276 e. The van der Waals surface area contributed by atoms with Crippen LogP contribution in [0, 0.1) is 13.8 Å². The first-order chi connectivity index (χ1) is 14.0. The number of carbonyl (C=O) groups is 2. The second kappa shape index (κ2) is 7.87. The van der Waals surface area contributed by atoms with Crippen molar-refractivity contribution in [3.05, 3.63) is 88.7 Å². The number of aryl methyl sites for hydroxylation is 3.